The van der Waals surface area contributed by atoms with Crippen LogP contribution in [0.25, 0.3) is 0 Å². The van der Waals surface area contributed by atoms with Gasteiger partial charge in [-0.2, -0.15) is 0 Å². The van der Waals surface area contributed by atoms with E-state index < -0.39 is 0 Å². The summed E-state index contributed by atoms with van der Waals surface area (Å²) in [5.41, 5.74) is 3.40. The van der Waals surface area contributed by atoms with Gasteiger partial charge in [-0.3, -0.25) is 0 Å². The van der Waals surface area contributed by atoms with Gasteiger partial charge >= 0.3 is 0 Å². The molecule has 0 aliphatic heterocycles. The zero-order valence-corrected chi connectivity index (χ0v) is 10.7. The van der Waals surface area contributed by atoms with Crippen LogP contribution >= 0.6 is 11.8 Å². The molecule has 0 atom stereocenters. The summed E-state index contributed by atoms with van der Waals surface area (Å²) in [4.78, 5) is 8.93. The van der Waals surface area contributed by atoms with Crippen LogP contribution in [-0.4, -0.2) is 29.3 Å². The highest BCUT2D eigenvalue weighted by molar-refractivity contribution is 7.99. The summed E-state index contributed by atoms with van der Waals surface area (Å²) in [6.07, 6.45) is 1.15. The van der Waals surface area contributed by atoms with Crippen LogP contribution in [0.4, 0.5) is 0 Å². The van der Waals surface area contributed by atoms with Crippen LogP contribution in [0, 0.1) is 20.8 Å². The molecule has 0 saturated heterocycles. The number of hydrogen-bond acceptors (Lipinski definition) is 4. The Balaban J connectivity index is 2.55. The highest BCUT2D eigenvalue weighted by Gasteiger charge is 2.04. The average molecular weight is 225 g/mol. The average Bonchev–Trinajstić information content (AvgIpc) is 2.21. The third-order valence-electron chi connectivity index (χ3n) is 2.41. The van der Waals surface area contributed by atoms with Crippen molar-refractivity contribution < 1.29 is 0 Å². The molecule has 0 amide bonds. The summed E-state index contributed by atoms with van der Waals surface area (Å²) in [5.74, 6) is 1.07. The van der Waals surface area contributed by atoms with Crippen LogP contribution in [0.2, 0.25) is 0 Å². The Labute approximate surface area is 96.1 Å². The molecule has 0 radical (unpaired) electrons. The maximum absolute atomic E-state index is 4.46. The molecule has 0 saturated carbocycles. The summed E-state index contributed by atoms with van der Waals surface area (Å²) < 4.78 is 0. The molecule has 0 aliphatic carbocycles. The number of rotatable bonds is 5. The molecule has 3 nitrogen and oxygen atoms in total. The maximum Gasteiger partial charge on any atom is 0.187 e. The Bertz CT molecular complexity index is 303. The van der Waals surface area contributed by atoms with Gasteiger partial charge < -0.3 is 5.32 Å². The Morgan fingerprint density at radius 2 is 1.73 bits per heavy atom. The molecule has 84 valence electrons. The van der Waals surface area contributed by atoms with E-state index in [4.69, 9.17) is 0 Å². The van der Waals surface area contributed by atoms with E-state index in [-0.39, 0.29) is 0 Å². The van der Waals surface area contributed by atoms with Crippen LogP contribution < -0.4 is 5.32 Å². The van der Waals surface area contributed by atoms with E-state index in [1.54, 1.807) is 11.8 Å². The van der Waals surface area contributed by atoms with E-state index in [1.165, 1.54) is 5.56 Å². The van der Waals surface area contributed by atoms with Crippen molar-refractivity contribution in [1.82, 2.24) is 15.3 Å². The molecular formula is C11H19N3S. The third-order valence-corrected chi connectivity index (χ3v) is 3.35. The van der Waals surface area contributed by atoms with Crippen molar-refractivity contribution in [2.45, 2.75) is 32.3 Å². The third kappa shape index (κ3) is 3.80. The summed E-state index contributed by atoms with van der Waals surface area (Å²) in [5, 5.41) is 4.04. The minimum absolute atomic E-state index is 0.909. The van der Waals surface area contributed by atoms with Gasteiger partial charge in [0.25, 0.3) is 0 Å². The molecule has 1 aromatic rings. The van der Waals surface area contributed by atoms with Crippen molar-refractivity contribution in [3.8, 4) is 0 Å². The number of nitrogens with zero attached hydrogens (tertiary/aromatic N) is 2. The van der Waals surface area contributed by atoms with E-state index in [9.17, 15) is 0 Å². The lowest BCUT2D eigenvalue weighted by Crippen LogP contribution is -2.08. The Morgan fingerprint density at radius 1 is 1.13 bits per heavy atom. The molecule has 1 aromatic heterocycles. The fraction of sp³-hybridized carbons (Fsp3) is 0.636. The molecule has 0 bridgehead atoms. The predicted molar refractivity (Wildman–Crippen MR) is 65.5 cm³/mol. The fourth-order valence-electron chi connectivity index (χ4n) is 1.22. The molecule has 1 N–H and O–H groups in total. The molecule has 4 heteroatoms. The highest BCUT2D eigenvalue weighted by atomic mass is 32.2. The first-order valence-corrected chi connectivity index (χ1v) is 6.23. The van der Waals surface area contributed by atoms with Gasteiger partial charge in [-0.25, -0.2) is 9.97 Å². The predicted octanol–water partition coefficient (Wildman–Crippen LogP) is 2.10. The first-order chi connectivity index (χ1) is 7.15. The zero-order valence-electron chi connectivity index (χ0n) is 9.92. The Morgan fingerprint density at radius 3 is 2.27 bits per heavy atom. The second-order valence-corrected chi connectivity index (χ2v) is 4.67. The lowest BCUT2D eigenvalue weighted by atomic mass is 10.2. The molecule has 1 heterocycles. The van der Waals surface area contributed by atoms with Crippen LogP contribution in [0.5, 0.6) is 0 Å². The van der Waals surface area contributed by atoms with E-state index >= 15 is 0 Å². The van der Waals surface area contributed by atoms with Crippen LogP contribution in [0.3, 0.4) is 0 Å². The molecule has 0 spiro atoms. The van der Waals surface area contributed by atoms with Gasteiger partial charge in [0.15, 0.2) is 5.16 Å². The van der Waals surface area contributed by atoms with Gasteiger partial charge in [0.2, 0.25) is 0 Å². The van der Waals surface area contributed by atoms with Gasteiger partial charge in [0.1, 0.15) is 0 Å². The van der Waals surface area contributed by atoms with E-state index in [1.807, 2.05) is 20.9 Å². The van der Waals surface area contributed by atoms with Gasteiger partial charge in [-0.1, -0.05) is 11.8 Å². The van der Waals surface area contributed by atoms with Gasteiger partial charge in [0.05, 0.1) is 0 Å². The van der Waals surface area contributed by atoms with E-state index in [0.29, 0.717) is 0 Å². The quantitative estimate of drug-likeness (QED) is 0.473. The molecule has 0 unspecified atom stereocenters. The normalized spacial score (nSPS) is 10.7. The zero-order chi connectivity index (χ0) is 11.3. The topological polar surface area (TPSA) is 37.8 Å². The molecule has 0 aliphatic rings. The summed E-state index contributed by atoms with van der Waals surface area (Å²) >= 11 is 1.74. The largest absolute Gasteiger partial charge is 0.320 e. The number of aryl methyl sites for hydroxylation is 2. The van der Waals surface area contributed by atoms with Gasteiger partial charge in [0, 0.05) is 17.1 Å². The Hall–Kier alpha value is -0.610. The van der Waals surface area contributed by atoms with Crippen molar-refractivity contribution in [2.24, 2.45) is 0 Å². The van der Waals surface area contributed by atoms with Crippen molar-refractivity contribution in [1.29, 1.82) is 0 Å². The maximum atomic E-state index is 4.46. The number of nitrogens with one attached hydrogen (secondary N) is 1. The fourth-order valence-corrected chi connectivity index (χ4v) is 2.09. The minimum atomic E-state index is 0.909. The summed E-state index contributed by atoms with van der Waals surface area (Å²) in [6.45, 7) is 7.21. The van der Waals surface area contributed by atoms with Crippen LogP contribution in [0.15, 0.2) is 5.16 Å². The molecule has 0 fully saturated rings. The number of thioether (sulfide) groups is 1. The Kier molecular flexibility index (Phi) is 5.05. The lowest BCUT2D eigenvalue weighted by Gasteiger charge is -2.06. The van der Waals surface area contributed by atoms with Crippen LogP contribution in [0.1, 0.15) is 23.4 Å². The molecular weight excluding hydrogens is 206 g/mol. The standard InChI is InChI=1S/C11H19N3S/c1-8-9(2)13-11(14-10(8)3)15-7-5-6-12-4/h12H,5-7H2,1-4H3. The summed E-state index contributed by atoms with van der Waals surface area (Å²) in [6, 6.07) is 0. The number of aromatic nitrogens is 2. The second kappa shape index (κ2) is 6.08. The molecule has 1 rings (SSSR count). The molecule has 15 heavy (non-hydrogen) atoms. The first kappa shape index (κ1) is 12.5. The summed E-state index contributed by atoms with van der Waals surface area (Å²) in [7, 11) is 1.97. The highest BCUT2D eigenvalue weighted by Crippen LogP contribution is 2.17. The SMILES string of the molecule is CNCCCSc1nc(C)c(C)c(C)n1. The monoisotopic (exact) mass is 225 g/mol. The van der Waals surface area contributed by atoms with E-state index in [2.05, 4.69) is 22.2 Å². The van der Waals surface area contributed by atoms with Gasteiger partial charge in [-0.15, -0.1) is 0 Å². The minimum Gasteiger partial charge on any atom is -0.320 e. The smallest absolute Gasteiger partial charge is 0.187 e. The first-order valence-electron chi connectivity index (χ1n) is 5.24. The second-order valence-electron chi connectivity index (χ2n) is 3.61. The van der Waals surface area contributed by atoms with Gasteiger partial charge in [-0.05, 0) is 46.3 Å². The van der Waals surface area contributed by atoms with E-state index in [0.717, 1.165) is 35.3 Å². The van der Waals surface area contributed by atoms with Crippen molar-refractivity contribution in [3.05, 3.63) is 17.0 Å². The van der Waals surface area contributed by atoms with Crippen molar-refractivity contribution >= 4 is 11.8 Å². The van der Waals surface area contributed by atoms with Crippen molar-refractivity contribution in [2.75, 3.05) is 19.3 Å². The van der Waals surface area contributed by atoms with Crippen molar-refractivity contribution in [3.63, 3.8) is 0 Å². The number of hydrogen-bond donors (Lipinski definition) is 1. The molecule has 0 aromatic carbocycles. The van der Waals surface area contributed by atoms with Crippen LogP contribution in [-0.2, 0) is 0 Å². The lowest BCUT2D eigenvalue weighted by molar-refractivity contribution is 0.776.